The number of hydrogen-bond donors (Lipinski definition) is 1. The Balaban J connectivity index is 0.00000162. The Morgan fingerprint density at radius 3 is 2.50 bits per heavy atom. The molecule has 0 saturated carbocycles. The van der Waals surface area contributed by atoms with Gasteiger partial charge in [-0.25, -0.2) is 0 Å². The SMILES string of the molecule is Cl.O=CC=C(Cc1ccccc1)N1CCNCC1. The molecule has 1 aromatic rings. The lowest BCUT2D eigenvalue weighted by molar-refractivity contribution is -0.104. The fourth-order valence-corrected chi connectivity index (χ4v) is 2.11. The van der Waals surface area contributed by atoms with Crippen molar-refractivity contribution in [1.29, 1.82) is 0 Å². The van der Waals surface area contributed by atoms with Gasteiger partial charge in [0.2, 0.25) is 0 Å². The first-order valence-corrected chi connectivity index (χ1v) is 6.04. The van der Waals surface area contributed by atoms with Gasteiger partial charge in [0.1, 0.15) is 6.29 Å². The lowest BCUT2D eigenvalue weighted by Gasteiger charge is -2.31. The summed E-state index contributed by atoms with van der Waals surface area (Å²) in [6.07, 6.45) is 3.41. The number of carbonyl (C=O) groups is 1. The smallest absolute Gasteiger partial charge is 0.144 e. The Kier molecular flexibility index (Phi) is 6.47. The Labute approximate surface area is 114 Å². The molecule has 1 aliphatic rings. The summed E-state index contributed by atoms with van der Waals surface area (Å²) in [5.74, 6) is 0. The van der Waals surface area contributed by atoms with Crippen molar-refractivity contribution in [2.24, 2.45) is 0 Å². The lowest BCUT2D eigenvalue weighted by Crippen LogP contribution is -2.43. The Morgan fingerprint density at radius 2 is 1.89 bits per heavy atom. The summed E-state index contributed by atoms with van der Waals surface area (Å²) in [5.41, 5.74) is 2.37. The third kappa shape index (κ3) is 4.17. The second-order valence-electron chi connectivity index (χ2n) is 4.19. The zero-order chi connectivity index (χ0) is 11.9. The van der Waals surface area contributed by atoms with Crippen LogP contribution in [0.4, 0.5) is 0 Å². The van der Waals surface area contributed by atoms with Crippen LogP contribution < -0.4 is 5.32 Å². The largest absolute Gasteiger partial charge is 0.372 e. The van der Waals surface area contributed by atoms with Gasteiger partial charge in [0, 0.05) is 38.3 Å². The summed E-state index contributed by atoms with van der Waals surface area (Å²) in [4.78, 5) is 13.0. The van der Waals surface area contributed by atoms with E-state index in [1.807, 2.05) is 18.2 Å². The van der Waals surface area contributed by atoms with Gasteiger partial charge in [-0.05, 0) is 11.6 Å². The molecule has 98 valence electrons. The number of halogens is 1. The van der Waals surface area contributed by atoms with E-state index in [1.54, 1.807) is 6.08 Å². The van der Waals surface area contributed by atoms with Crippen LogP contribution in [0.25, 0.3) is 0 Å². The van der Waals surface area contributed by atoms with E-state index in [2.05, 4.69) is 22.3 Å². The molecule has 1 aromatic carbocycles. The van der Waals surface area contributed by atoms with E-state index < -0.39 is 0 Å². The maximum absolute atomic E-state index is 10.7. The molecule has 1 saturated heterocycles. The van der Waals surface area contributed by atoms with Crippen LogP contribution in [0.2, 0.25) is 0 Å². The van der Waals surface area contributed by atoms with Gasteiger partial charge in [-0.15, -0.1) is 12.4 Å². The van der Waals surface area contributed by atoms with Crippen LogP contribution in [-0.2, 0) is 11.2 Å². The third-order valence-electron chi connectivity index (χ3n) is 3.01. The number of rotatable bonds is 4. The monoisotopic (exact) mass is 266 g/mol. The molecule has 0 aromatic heterocycles. The summed E-state index contributed by atoms with van der Waals surface area (Å²) in [5, 5.41) is 3.32. The van der Waals surface area contributed by atoms with Crippen LogP contribution in [0.5, 0.6) is 0 Å². The van der Waals surface area contributed by atoms with E-state index in [0.717, 1.165) is 44.6 Å². The van der Waals surface area contributed by atoms with Gasteiger partial charge < -0.3 is 10.2 Å². The van der Waals surface area contributed by atoms with Crippen LogP contribution in [0.1, 0.15) is 5.56 Å². The molecule has 0 unspecified atom stereocenters. The van der Waals surface area contributed by atoms with Crippen LogP contribution in [0.15, 0.2) is 42.1 Å². The summed E-state index contributed by atoms with van der Waals surface area (Å²) < 4.78 is 0. The van der Waals surface area contributed by atoms with Crippen LogP contribution in [0.3, 0.4) is 0 Å². The fourth-order valence-electron chi connectivity index (χ4n) is 2.11. The predicted octanol–water partition coefficient (Wildman–Crippen LogP) is 1.64. The first-order valence-electron chi connectivity index (χ1n) is 6.04. The average molecular weight is 267 g/mol. The molecule has 4 heteroatoms. The number of nitrogens with zero attached hydrogens (tertiary/aromatic N) is 1. The van der Waals surface area contributed by atoms with E-state index in [0.29, 0.717) is 0 Å². The van der Waals surface area contributed by atoms with Crippen molar-refractivity contribution in [1.82, 2.24) is 10.2 Å². The molecule has 18 heavy (non-hydrogen) atoms. The fraction of sp³-hybridized carbons (Fsp3) is 0.357. The Bertz CT molecular complexity index is 386. The van der Waals surface area contributed by atoms with Crippen molar-refractivity contribution in [2.45, 2.75) is 6.42 Å². The minimum Gasteiger partial charge on any atom is -0.372 e. The van der Waals surface area contributed by atoms with Crippen molar-refractivity contribution in [3.63, 3.8) is 0 Å². The van der Waals surface area contributed by atoms with E-state index in [-0.39, 0.29) is 12.4 Å². The molecule has 0 bridgehead atoms. The molecule has 0 amide bonds. The molecule has 2 rings (SSSR count). The highest BCUT2D eigenvalue weighted by Gasteiger charge is 2.12. The summed E-state index contributed by atoms with van der Waals surface area (Å²) in [6, 6.07) is 10.3. The van der Waals surface area contributed by atoms with E-state index in [9.17, 15) is 4.79 Å². The number of allylic oxidation sites excluding steroid dienone is 2. The van der Waals surface area contributed by atoms with E-state index in [1.165, 1.54) is 5.56 Å². The molecule has 1 aliphatic heterocycles. The number of aldehydes is 1. The van der Waals surface area contributed by atoms with Gasteiger partial charge in [0.25, 0.3) is 0 Å². The predicted molar refractivity (Wildman–Crippen MR) is 76.0 cm³/mol. The number of carbonyl (C=O) groups excluding carboxylic acids is 1. The molecule has 0 spiro atoms. The van der Waals surface area contributed by atoms with Crippen molar-refractivity contribution >= 4 is 18.7 Å². The highest BCUT2D eigenvalue weighted by atomic mass is 35.5. The maximum Gasteiger partial charge on any atom is 0.144 e. The standard InChI is InChI=1S/C14H18N2O.ClH/c17-11-6-14(16-9-7-15-8-10-16)12-13-4-2-1-3-5-13;/h1-6,11,15H,7-10,12H2;1H. The van der Waals surface area contributed by atoms with Crippen LogP contribution >= 0.6 is 12.4 Å². The summed E-state index contributed by atoms with van der Waals surface area (Å²) in [7, 11) is 0. The minimum atomic E-state index is 0. The van der Waals surface area contributed by atoms with Crippen molar-refractivity contribution < 1.29 is 4.79 Å². The van der Waals surface area contributed by atoms with E-state index in [4.69, 9.17) is 0 Å². The van der Waals surface area contributed by atoms with Crippen LogP contribution in [-0.4, -0.2) is 37.4 Å². The van der Waals surface area contributed by atoms with Gasteiger partial charge in [-0.2, -0.15) is 0 Å². The first kappa shape index (κ1) is 14.7. The second kappa shape index (κ2) is 7.90. The quantitative estimate of drug-likeness (QED) is 0.664. The van der Waals surface area contributed by atoms with Gasteiger partial charge in [0.15, 0.2) is 0 Å². The van der Waals surface area contributed by atoms with Gasteiger partial charge >= 0.3 is 0 Å². The second-order valence-corrected chi connectivity index (χ2v) is 4.19. The topological polar surface area (TPSA) is 32.3 Å². The molecular formula is C14H19ClN2O. The zero-order valence-electron chi connectivity index (χ0n) is 10.3. The highest BCUT2D eigenvalue weighted by molar-refractivity contribution is 5.85. The van der Waals surface area contributed by atoms with Crippen molar-refractivity contribution in [3.05, 3.63) is 47.7 Å². The number of piperazine rings is 1. The Morgan fingerprint density at radius 1 is 1.22 bits per heavy atom. The summed E-state index contributed by atoms with van der Waals surface area (Å²) >= 11 is 0. The van der Waals surface area contributed by atoms with Gasteiger partial charge in [-0.3, -0.25) is 4.79 Å². The Hall–Kier alpha value is -1.32. The summed E-state index contributed by atoms with van der Waals surface area (Å²) in [6.45, 7) is 3.94. The maximum atomic E-state index is 10.7. The van der Waals surface area contributed by atoms with Gasteiger partial charge in [-0.1, -0.05) is 30.3 Å². The minimum absolute atomic E-state index is 0. The molecule has 3 nitrogen and oxygen atoms in total. The molecule has 0 aliphatic carbocycles. The molecule has 1 fully saturated rings. The molecule has 0 radical (unpaired) electrons. The number of nitrogens with one attached hydrogen (secondary N) is 1. The third-order valence-corrected chi connectivity index (χ3v) is 3.01. The first-order chi connectivity index (χ1) is 8.40. The highest BCUT2D eigenvalue weighted by Crippen LogP contribution is 2.12. The molecular weight excluding hydrogens is 248 g/mol. The van der Waals surface area contributed by atoms with Crippen molar-refractivity contribution in [2.75, 3.05) is 26.2 Å². The number of benzene rings is 1. The van der Waals surface area contributed by atoms with Gasteiger partial charge in [0.05, 0.1) is 0 Å². The van der Waals surface area contributed by atoms with E-state index >= 15 is 0 Å². The lowest BCUT2D eigenvalue weighted by atomic mass is 10.1. The number of hydrogen-bond acceptors (Lipinski definition) is 3. The van der Waals surface area contributed by atoms with Crippen molar-refractivity contribution in [3.8, 4) is 0 Å². The normalized spacial score (nSPS) is 16.0. The molecule has 1 N–H and O–H groups in total. The zero-order valence-corrected chi connectivity index (χ0v) is 11.2. The average Bonchev–Trinajstić information content (AvgIpc) is 2.40. The molecule has 0 atom stereocenters. The molecule has 1 heterocycles. The van der Waals surface area contributed by atoms with Crippen LogP contribution in [0, 0.1) is 0 Å².